The lowest BCUT2D eigenvalue weighted by Crippen LogP contribution is -2.72. The average Bonchev–Trinajstić information content (AvgIpc) is 2.80. The van der Waals surface area contributed by atoms with Crippen LogP contribution in [-0.4, -0.2) is 23.9 Å². The molecule has 2 aliphatic heterocycles. The van der Waals surface area contributed by atoms with Gasteiger partial charge in [-0.15, -0.1) is 11.8 Å². The maximum atomic E-state index is 13.7. The summed E-state index contributed by atoms with van der Waals surface area (Å²) in [6, 6.07) is 21.2. The molecule has 0 aliphatic carbocycles. The van der Waals surface area contributed by atoms with Gasteiger partial charge in [0.1, 0.15) is 11.7 Å². The van der Waals surface area contributed by atoms with Gasteiger partial charge >= 0.3 is 6.03 Å². The van der Waals surface area contributed by atoms with Gasteiger partial charge in [-0.25, -0.2) is 4.79 Å². The summed E-state index contributed by atoms with van der Waals surface area (Å²) in [7, 11) is 0. The molecule has 5 rings (SSSR count). The number of hydrogen-bond acceptors (Lipinski definition) is 4. The van der Waals surface area contributed by atoms with Gasteiger partial charge in [-0.3, -0.25) is 9.69 Å². The number of nitrogens with one attached hydrogen (secondary N) is 2. The summed E-state index contributed by atoms with van der Waals surface area (Å²) in [6.07, 6.45) is 1.98. The van der Waals surface area contributed by atoms with Crippen LogP contribution in [0.4, 0.5) is 16.2 Å². The molecule has 0 saturated carbocycles. The Morgan fingerprint density at radius 1 is 1.12 bits per heavy atom. The molecule has 168 valence electrons. The number of benzene rings is 3. The Bertz CT molecular complexity index is 1240. The normalized spacial score (nSPS) is 23.2. The average molecular weight is 480 g/mol. The van der Waals surface area contributed by atoms with Crippen LogP contribution in [0, 0.1) is 5.92 Å². The number of halogens is 1. The zero-order chi connectivity index (χ0) is 23.2. The lowest BCUT2D eigenvalue weighted by atomic mass is 9.78. The second-order valence-electron chi connectivity index (χ2n) is 8.13. The molecule has 2 N–H and O–H groups in total. The SMILES string of the molecule is CSc1cccc(N2C(=O)N[C@H]3c4ccccc4O[C@@]2(C)[C@@H]3C(=O)Nc2ccc(Cl)cc2)c1. The highest BCUT2D eigenvalue weighted by Gasteiger charge is 2.60. The molecule has 8 heteroatoms. The summed E-state index contributed by atoms with van der Waals surface area (Å²) in [6.45, 7) is 1.80. The van der Waals surface area contributed by atoms with Crippen molar-refractivity contribution in [2.45, 2.75) is 23.6 Å². The van der Waals surface area contributed by atoms with Gasteiger partial charge in [0.05, 0.1) is 11.7 Å². The molecule has 2 bridgehead atoms. The summed E-state index contributed by atoms with van der Waals surface area (Å²) in [5.74, 6) is -0.337. The highest BCUT2D eigenvalue weighted by Crippen LogP contribution is 2.49. The predicted molar refractivity (Wildman–Crippen MR) is 131 cm³/mol. The largest absolute Gasteiger partial charge is 0.466 e. The lowest BCUT2D eigenvalue weighted by Gasteiger charge is -2.54. The van der Waals surface area contributed by atoms with Gasteiger partial charge in [-0.2, -0.15) is 0 Å². The Morgan fingerprint density at radius 2 is 1.88 bits per heavy atom. The minimum Gasteiger partial charge on any atom is -0.466 e. The van der Waals surface area contributed by atoms with Crippen LogP contribution in [-0.2, 0) is 4.79 Å². The molecule has 0 unspecified atom stereocenters. The fraction of sp³-hybridized carbons (Fsp3) is 0.200. The number of para-hydroxylation sites is 1. The Morgan fingerprint density at radius 3 is 2.64 bits per heavy atom. The Kier molecular flexibility index (Phi) is 5.46. The zero-order valence-corrected chi connectivity index (χ0v) is 19.6. The van der Waals surface area contributed by atoms with E-state index in [0.29, 0.717) is 22.1 Å². The first-order valence-electron chi connectivity index (χ1n) is 10.5. The highest BCUT2D eigenvalue weighted by molar-refractivity contribution is 7.98. The molecule has 33 heavy (non-hydrogen) atoms. The van der Waals surface area contributed by atoms with Gasteiger partial charge < -0.3 is 15.4 Å². The van der Waals surface area contributed by atoms with E-state index in [1.54, 1.807) is 47.9 Å². The van der Waals surface area contributed by atoms with Crippen molar-refractivity contribution in [2.75, 3.05) is 16.5 Å². The molecule has 0 radical (unpaired) electrons. The summed E-state index contributed by atoms with van der Waals surface area (Å²) in [5.41, 5.74) is 0.794. The van der Waals surface area contributed by atoms with Crippen LogP contribution in [0.15, 0.2) is 77.7 Å². The third kappa shape index (κ3) is 3.71. The quantitative estimate of drug-likeness (QED) is 0.471. The van der Waals surface area contributed by atoms with Crippen molar-refractivity contribution in [1.82, 2.24) is 5.32 Å². The van der Waals surface area contributed by atoms with Crippen LogP contribution < -0.4 is 20.3 Å². The number of nitrogens with zero attached hydrogens (tertiary/aromatic N) is 1. The third-order valence-electron chi connectivity index (χ3n) is 6.11. The first-order valence-corrected chi connectivity index (χ1v) is 12.1. The number of rotatable bonds is 4. The fourth-order valence-electron chi connectivity index (χ4n) is 4.62. The van der Waals surface area contributed by atoms with Gasteiger partial charge in [0.25, 0.3) is 0 Å². The summed E-state index contributed by atoms with van der Waals surface area (Å²) in [5, 5.41) is 6.61. The number of amides is 3. The molecule has 3 amide bonds. The molecule has 3 aromatic rings. The lowest BCUT2D eigenvalue weighted by molar-refractivity contribution is -0.131. The number of urea groups is 1. The van der Waals surface area contributed by atoms with Crippen molar-refractivity contribution in [1.29, 1.82) is 0 Å². The molecule has 6 nitrogen and oxygen atoms in total. The van der Waals surface area contributed by atoms with Crippen molar-refractivity contribution < 1.29 is 14.3 Å². The highest BCUT2D eigenvalue weighted by atomic mass is 35.5. The minimum absolute atomic E-state index is 0.259. The van der Waals surface area contributed by atoms with E-state index >= 15 is 0 Å². The third-order valence-corrected chi connectivity index (χ3v) is 7.09. The van der Waals surface area contributed by atoms with Crippen molar-refractivity contribution in [3.8, 4) is 5.75 Å². The van der Waals surface area contributed by atoms with E-state index in [4.69, 9.17) is 16.3 Å². The molecule has 0 spiro atoms. The van der Waals surface area contributed by atoms with Gasteiger partial charge in [-0.05, 0) is 61.7 Å². The molecular formula is C25H22ClN3O3S. The van der Waals surface area contributed by atoms with Crippen molar-refractivity contribution in [3.63, 3.8) is 0 Å². The second kappa shape index (κ2) is 8.32. The van der Waals surface area contributed by atoms with Crippen molar-refractivity contribution >= 4 is 46.7 Å². The first-order chi connectivity index (χ1) is 15.9. The van der Waals surface area contributed by atoms with Gasteiger partial charge in [0.15, 0.2) is 0 Å². The molecule has 3 atom stereocenters. The monoisotopic (exact) mass is 479 g/mol. The molecular weight excluding hydrogens is 458 g/mol. The smallest absolute Gasteiger partial charge is 0.325 e. The number of hydrogen-bond donors (Lipinski definition) is 2. The van der Waals surface area contributed by atoms with Gasteiger partial charge in [0.2, 0.25) is 11.6 Å². The number of fused-ring (bicyclic) bond motifs is 4. The minimum atomic E-state index is -1.26. The Hall–Kier alpha value is -3.16. The van der Waals surface area contributed by atoms with Crippen molar-refractivity contribution in [2.24, 2.45) is 5.92 Å². The second-order valence-corrected chi connectivity index (χ2v) is 9.45. The van der Waals surface area contributed by atoms with Gasteiger partial charge in [0, 0.05) is 21.2 Å². The Balaban J connectivity index is 1.61. The zero-order valence-electron chi connectivity index (χ0n) is 18.0. The van der Waals surface area contributed by atoms with Crippen LogP contribution in [0.3, 0.4) is 0 Å². The predicted octanol–water partition coefficient (Wildman–Crippen LogP) is 5.70. The van der Waals surface area contributed by atoms with Crippen molar-refractivity contribution in [3.05, 3.63) is 83.4 Å². The first kappa shape index (κ1) is 21.7. The number of carbonyl (C=O) groups is 2. The number of thioether (sulfide) groups is 1. The molecule has 1 saturated heterocycles. The standard InChI is InChI=1S/C25H22ClN3O3S/c1-25-21(23(30)27-16-12-10-15(26)11-13-16)22(19-8-3-4-9-20(19)32-25)28-24(31)29(25)17-6-5-7-18(14-17)33-2/h3-14,21-22H,1-2H3,(H,27,30)(H,28,31)/t21-,22-,25-/m0/s1. The van der Waals surface area contributed by atoms with E-state index in [9.17, 15) is 9.59 Å². The maximum Gasteiger partial charge on any atom is 0.325 e. The number of ether oxygens (including phenoxy) is 1. The molecule has 2 aliphatic rings. The van der Waals surface area contributed by atoms with Crippen LogP contribution >= 0.6 is 23.4 Å². The van der Waals surface area contributed by atoms with E-state index < -0.39 is 17.7 Å². The fourth-order valence-corrected chi connectivity index (χ4v) is 5.20. The Labute approximate surface area is 201 Å². The molecule has 1 fully saturated rings. The molecule has 3 aromatic carbocycles. The van der Waals surface area contributed by atoms with E-state index in [1.807, 2.05) is 54.8 Å². The van der Waals surface area contributed by atoms with Crippen LogP contribution in [0.1, 0.15) is 18.5 Å². The topological polar surface area (TPSA) is 70.7 Å². The van der Waals surface area contributed by atoms with Gasteiger partial charge in [-0.1, -0.05) is 35.9 Å². The van der Waals surface area contributed by atoms with E-state index in [2.05, 4.69) is 10.6 Å². The van der Waals surface area contributed by atoms with E-state index in [-0.39, 0.29) is 11.9 Å². The molecule has 2 heterocycles. The summed E-state index contributed by atoms with van der Waals surface area (Å²) in [4.78, 5) is 29.6. The van der Waals surface area contributed by atoms with Crippen LogP contribution in [0.2, 0.25) is 5.02 Å². The van der Waals surface area contributed by atoms with Crippen LogP contribution in [0.25, 0.3) is 0 Å². The number of carbonyl (C=O) groups excluding carboxylic acids is 2. The summed E-state index contributed by atoms with van der Waals surface area (Å²) < 4.78 is 6.47. The maximum absolute atomic E-state index is 13.7. The van der Waals surface area contributed by atoms with E-state index in [0.717, 1.165) is 10.5 Å². The van der Waals surface area contributed by atoms with Crippen LogP contribution in [0.5, 0.6) is 5.75 Å². The summed E-state index contributed by atoms with van der Waals surface area (Å²) >= 11 is 7.57. The van der Waals surface area contributed by atoms with E-state index in [1.165, 1.54) is 0 Å². The number of anilines is 2. The molecule has 0 aromatic heterocycles.